The van der Waals surface area contributed by atoms with Crippen molar-refractivity contribution < 1.29 is 4.79 Å². The van der Waals surface area contributed by atoms with Gasteiger partial charge in [0, 0.05) is 10.2 Å². The number of benzene rings is 1. The molecule has 0 aliphatic rings. The summed E-state index contributed by atoms with van der Waals surface area (Å²) in [4.78, 5) is 19.7. The molecule has 2 rings (SSSR count). The maximum Gasteiger partial charge on any atom is 0.275 e. The van der Waals surface area contributed by atoms with E-state index in [-0.39, 0.29) is 16.8 Å². The van der Waals surface area contributed by atoms with Crippen LogP contribution in [0, 0.1) is 13.8 Å². The summed E-state index contributed by atoms with van der Waals surface area (Å²) in [6.45, 7) is 3.93. The Morgan fingerprint density at radius 2 is 1.84 bits per heavy atom. The Labute approximate surface area is 124 Å². The average Bonchev–Trinajstić information content (AvgIpc) is 2.36. The zero-order valence-electron chi connectivity index (χ0n) is 10.4. The van der Waals surface area contributed by atoms with Gasteiger partial charge in [-0.25, -0.2) is 9.97 Å². The standard InChI is InChI=1S/C13H11BrClN3O/c1-7-3-9(4-8(2)12(7)14)18-13(19)10-5-17-11(15)6-16-10/h3-6H,1-2H3,(H,18,19). The lowest BCUT2D eigenvalue weighted by molar-refractivity contribution is 0.102. The number of rotatable bonds is 2. The lowest BCUT2D eigenvalue weighted by Gasteiger charge is -2.09. The van der Waals surface area contributed by atoms with Gasteiger partial charge in [0.2, 0.25) is 0 Å². The summed E-state index contributed by atoms with van der Waals surface area (Å²) in [5.74, 6) is -0.315. The predicted molar refractivity (Wildman–Crippen MR) is 78.6 cm³/mol. The molecule has 6 heteroatoms. The largest absolute Gasteiger partial charge is 0.321 e. The fourth-order valence-electron chi connectivity index (χ4n) is 1.64. The Hall–Kier alpha value is -1.46. The molecule has 2 aromatic rings. The molecule has 1 aromatic heterocycles. The second kappa shape index (κ2) is 5.67. The molecule has 98 valence electrons. The number of carbonyl (C=O) groups is 1. The van der Waals surface area contributed by atoms with Crippen LogP contribution in [0.5, 0.6) is 0 Å². The lowest BCUT2D eigenvalue weighted by Crippen LogP contribution is -2.14. The molecule has 0 bridgehead atoms. The third-order valence-corrected chi connectivity index (χ3v) is 3.99. The van der Waals surface area contributed by atoms with Crippen LogP contribution in [0.4, 0.5) is 5.69 Å². The summed E-state index contributed by atoms with van der Waals surface area (Å²) < 4.78 is 1.04. The fraction of sp³-hybridized carbons (Fsp3) is 0.154. The van der Waals surface area contributed by atoms with Crippen LogP contribution < -0.4 is 5.32 Å². The van der Waals surface area contributed by atoms with Gasteiger partial charge in [0.05, 0.1) is 12.4 Å². The van der Waals surface area contributed by atoms with E-state index >= 15 is 0 Å². The first-order valence-electron chi connectivity index (χ1n) is 5.53. The van der Waals surface area contributed by atoms with Gasteiger partial charge < -0.3 is 5.32 Å². The summed E-state index contributed by atoms with van der Waals surface area (Å²) in [7, 11) is 0. The second-order valence-electron chi connectivity index (χ2n) is 4.10. The van der Waals surface area contributed by atoms with E-state index < -0.39 is 0 Å². The van der Waals surface area contributed by atoms with Crippen molar-refractivity contribution in [1.82, 2.24) is 9.97 Å². The molecular formula is C13H11BrClN3O. The van der Waals surface area contributed by atoms with E-state index in [4.69, 9.17) is 11.6 Å². The van der Waals surface area contributed by atoms with Crippen LogP contribution in [0.3, 0.4) is 0 Å². The van der Waals surface area contributed by atoms with Crippen molar-refractivity contribution in [2.75, 3.05) is 5.32 Å². The zero-order chi connectivity index (χ0) is 14.0. The molecule has 0 spiro atoms. The average molecular weight is 341 g/mol. The zero-order valence-corrected chi connectivity index (χ0v) is 12.7. The number of nitrogens with one attached hydrogen (secondary N) is 1. The summed E-state index contributed by atoms with van der Waals surface area (Å²) in [6, 6.07) is 3.77. The molecule has 4 nitrogen and oxygen atoms in total. The van der Waals surface area contributed by atoms with Crippen LogP contribution in [0.15, 0.2) is 29.0 Å². The minimum Gasteiger partial charge on any atom is -0.321 e. The second-order valence-corrected chi connectivity index (χ2v) is 5.28. The number of amides is 1. The Morgan fingerprint density at radius 1 is 1.21 bits per heavy atom. The van der Waals surface area contributed by atoms with Gasteiger partial charge >= 0.3 is 0 Å². The normalized spacial score (nSPS) is 10.3. The number of carbonyl (C=O) groups excluding carboxylic acids is 1. The SMILES string of the molecule is Cc1cc(NC(=O)c2cnc(Cl)cn2)cc(C)c1Br. The first-order valence-corrected chi connectivity index (χ1v) is 6.70. The Kier molecular flexibility index (Phi) is 4.17. The molecule has 1 heterocycles. The molecule has 0 saturated carbocycles. The molecule has 1 aromatic carbocycles. The Bertz CT molecular complexity index is 605. The third-order valence-electron chi connectivity index (χ3n) is 2.55. The number of nitrogens with zero attached hydrogens (tertiary/aromatic N) is 2. The van der Waals surface area contributed by atoms with Gasteiger partial charge in [-0.3, -0.25) is 4.79 Å². The molecular weight excluding hydrogens is 330 g/mol. The highest BCUT2D eigenvalue weighted by Crippen LogP contribution is 2.25. The quantitative estimate of drug-likeness (QED) is 0.905. The number of halogens is 2. The number of hydrogen-bond acceptors (Lipinski definition) is 3. The van der Waals surface area contributed by atoms with Crippen molar-refractivity contribution in [2.24, 2.45) is 0 Å². The van der Waals surface area contributed by atoms with E-state index in [9.17, 15) is 4.79 Å². The van der Waals surface area contributed by atoms with Gasteiger partial charge in [-0.15, -0.1) is 0 Å². The van der Waals surface area contributed by atoms with Crippen molar-refractivity contribution in [3.63, 3.8) is 0 Å². The summed E-state index contributed by atoms with van der Waals surface area (Å²) in [5, 5.41) is 3.04. The van der Waals surface area contributed by atoms with E-state index in [1.54, 1.807) is 0 Å². The molecule has 0 aliphatic heterocycles. The molecule has 0 fully saturated rings. The van der Waals surface area contributed by atoms with Crippen molar-refractivity contribution in [3.8, 4) is 0 Å². The van der Waals surface area contributed by atoms with E-state index in [0.29, 0.717) is 0 Å². The van der Waals surface area contributed by atoms with Crippen LogP contribution in [0.2, 0.25) is 5.15 Å². The number of aromatic nitrogens is 2. The maximum absolute atomic E-state index is 12.0. The van der Waals surface area contributed by atoms with Gasteiger partial charge in [0.25, 0.3) is 5.91 Å². The first-order chi connectivity index (χ1) is 8.97. The van der Waals surface area contributed by atoms with Gasteiger partial charge in [-0.05, 0) is 37.1 Å². The fourth-order valence-corrected chi connectivity index (χ4v) is 1.97. The molecule has 1 N–H and O–H groups in total. The van der Waals surface area contributed by atoms with Crippen LogP contribution >= 0.6 is 27.5 Å². The van der Waals surface area contributed by atoms with Gasteiger partial charge in [-0.2, -0.15) is 0 Å². The summed E-state index contributed by atoms with van der Waals surface area (Å²) >= 11 is 9.11. The minimum absolute atomic E-state index is 0.225. The van der Waals surface area contributed by atoms with Gasteiger partial charge in [0.1, 0.15) is 10.8 Å². The maximum atomic E-state index is 12.0. The molecule has 0 aliphatic carbocycles. The first kappa shape index (κ1) is 14.0. The molecule has 0 unspecified atom stereocenters. The number of aryl methyl sites for hydroxylation is 2. The Morgan fingerprint density at radius 3 is 2.37 bits per heavy atom. The van der Waals surface area contributed by atoms with Crippen LogP contribution in [-0.4, -0.2) is 15.9 Å². The van der Waals surface area contributed by atoms with Gasteiger partial charge in [0.15, 0.2) is 0 Å². The van der Waals surface area contributed by atoms with E-state index in [0.717, 1.165) is 21.3 Å². The highest BCUT2D eigenvalue weighted by atomic mass is 79.9. The van der Waals surface area contributed by atoms with E-state index in [1.807, 2.05) is 26.0 Å². The molecule has 1 amide bonds. The van der Waals surface area contributed by atoms with Crippen LogP contribution in [0.25, 0.3) is 0 Å². The van der Waals surface area contributed by atoms with E-state index in [2.05, 4.69) is 31.2 Å². The van der Waals surface area contributed by atoms with Crippen molar-refractivity contribution >= 4 is 39.1 Å². The molecule has 0 saturated heterocycles. The lowest BCUT2D eigenvalue weighted by atomic mass is 10.1. The van der Waals surface area contributed by atoms with Crippen LogP contribution in [0.1, 0.15) is 21.6 Å². The monoisotopic (exact) mass is 339 g/mol. The van der Waals surface area contributed by atoms with Gasteiger partial charge in [-0.1, -0.05) is 27.5 Å². The topological polar surface area (TPSA) is 54.9 Å². The van der Waals surface area contributed by atoms with Crippen LogP contribution in [-0.2, 0) is 0 Å². The van der Waals surface area contributed by atoms with Crippen molar-refractivity contribution in [2.45, 2.75) is 13.8 Å². The molecule has 19 heavy (non-hydrogen) atoms. The van der Waals surface area contributed by atoms with Crippen molar-refractivity contribution in [1.29, 1.82) is 0 Å². The summed E-state index contributed by atoms with van der Waals surface area (Å²) in [6.07, 6.45) is 2.69. The molecule has 0 atom stereocenters. The number of anilines is 1. The molecule has 0 radical (unpaired) electrons. The number of hydrogen-bond donors (Lipinski definition) is 1. The predicted octanol–water partition coefficient (Wildman–Crippen LogP) is 3.76. The highest BCUT2D eigenvalue weighted by molar-refractivity contribution is 9.10. The highest BCUT2D eigenvalue weighted by Gasteiger charge is 2.10. The minimum atomic E-state index is -0.315. The van der Waals surface area contributed by atoms with Crippen molar-refractivity contribution in [3.05, 3.63) is 51.0 Å². The van der Waals surface area contributed by atoms with E-state index in [1.165, 1.54) is 12.4 Å². The third kappa shape index (κ3) is 3.30. The Balaban J connectivity index is 2.22. The summed E-state index contributed by atoms with van der Waals surface area (Å²) in [5.41, 5.74) is 3.05. The smallest absolute Gasteiger partial charge is 0.275 e.